The molecule has 2 aromatic heterocycles. The maximum atomic E-state index is 11.4. The Hall–Kier alpha value is -1.88. The van der Waals surface area contributed by atoms with Gasteiger partial charge in [-0.1, -0.05) is 0 Å². The monoisotopic (exact) mass is 234 g/mol. The van der Waals surface area contributed by atoms with Crippen molar-refractivity contribution in [3.63, 3.8) is 0 Å². The van der Waals surface area contributed by atoms with E-state index in [0.29, 0.717) is 10.6 Å². The van der Waals surface area contributed by atoms with Crippen LogP contribution in [-0.2, 0) is 4.74 Å². The summed E-state index contributed by atoms with van der Waals surface area (Å²) in [6, 6.07) is 3.69. The molecule has 2 rings (SSSR count). The number of nitrogens with zero attached hydrogens (tertiary/aromatic N) is 1. The highest BCUT2D eigenvalue weighted by Gasteiger charge is 2.16. The Bertz CT molecular complexity index is 508. The van der Waals surface area contributed by atoms with Crippen molar-refractivity contribution in [1.82, 2.24) is 4.98 Å². The molecule has 5 heteroatoms. The Balaban J connectivity index is 2.45. The first kappa shape index (κ1) is 10.6. The van der Waals surface area contributed by atoms with Gasteiger partial charge in [0.1, 0.15) is 4.88 Å². The molecule has 0 aliphatic carbocycles. The number of carbonyl (C=O) groups is 1. The number of pyridine rings is 1. The van der Waals surface area contributed by atoms with E-state index in [1.807, 2.05) is 17.5 Å². The molecule has 0 spiro atoms. The van der Waals surface area contributed by atoms with Gasteiger partial charge < -0.3 is 10.5 Å². The first-order chi connectivity index (χ1) is 7.74. The van der Waals surface area contributed by atoms with Gasteiger partial charge in [-0.3, -0.25) is 4.98 Å². The Kier molecular flexibility index (Phi) is 2.87. The molecule has 4 nitrogen and oxygen atoms in total. The van der Waals surface area contributed by atoms with Crippen molar-refractivity contribution in [2.75, 3.05) is 12.8 Å². The van der Waals surface area contributed by atoms with Crippen LogP contribution in [-0.4, -0.2) is 18.1 Å². The molecule has 2 aromatic rings. The van der Waals surface area contributed by atoms with Crippen LogP contribution in [0.1, 0.15) is 9.67 Å². The number of carbonyl (C=O) groups excluding carboxylic acids is 1. The molecule has 0 saturated heterocycles. The molecule has 0 atom stereocenters. The number of nitrogen functional groups attached to an aromatic ring is 1. The van der Waals surface area contributed by atoms with E-state index in [4.69, 9.17) is 5.73 Å². The van der Waals surface area contributed by atoms with Crippen molar-refractivity contribution in [1.29, 1.82) is 0 Å². The van der Waals surface area contributed by atoms with Gasteiger partial charge in [0.05, 0.1) is 12.8 Å². The molecule has 0 bridgehead atoms. The van der Waals surface area contributed by atoms with E-state index in [1.165, 1.54) is 18.4 Å². The largest absolute Gasteiger partial charge is 0.465 e. The molecule has 0 unspecified atom stereocenters. The summed E-state index contributed by atoms with van der Waals surface area (Å²) in [5.41, 5.74) is 8.15. The van der Waals surface area contributed by atoms with Crippen LogP contribution < -0.4 is 5.73 Å². The smallest absolute Gasteiger partial charge is 0.350 e. The van der Waals surface area contributed by atoms with Crippen LogP contribution in [0, 0.1) is 0 Å². The van der Waals surface area contributed by atoms with Crippen LogP contribution >= 0.6 is 11.3 Å². The zero-order chi connectivity index (χ0) is 11.5. The van der Waals surface area contributed by atoms with E-state index in [1.54, 1.807) is 12.4 Å². The van der Waals surface area contributed by atoms with E-state index in [0.717, 1.165) is 11.1 Å². The van der Waals surface area contributed by atoms with Crippen LogP contribution in [0.2, 0.25) is 0 Å². The average Bonchev–Trinajstić information content (AvgIpc) is 2.71. The molecule has 0 aromatic carbocycles. The van der Waals surface area contributed by atoms with Gasteiger partial charge in [-0.05, 0) is 17.7 Å². The molecule has 2 heterocycles. The van der Waals surface area contributed by atoms with E-state index in [2.05, 4.69) is 9.72 Å². The van der Waals surface area contributed by atoms with Crippen LogP contribution in [0.4, 0.5) is 5.69 Å². The van der Waals surface area contributed by atoms with Crippen LogP contribution in [0.15, 0.2) is 29.9 Å². The normalized spacial score (nSPS) is 10.1. The lowest BCUT2D eigenvalue weighted by atomic mass is 10.1. The summed E-state index contributed by atoms with van der Waals surface area (Å²) in [6.07, 6.45) is 3.37. The molecule has 0 amide bonds. The van der Waals surface area contributed by atoms with Gasteiger partial charge in [0.25, 0.3) is 0 Å². The summed E-state index contributed by atoms with van der Waals surface area (Å²) in [7, 11) is 1.34. The first-order valence-corrected chi connectivity index (χ1v) is 5.47. The standard InChI is InChI=1S/C11H10N2O2S/c1-15-11(14)10-9(12)8(6-16-10)7-2-4-13-5-3-7/h2-6H,12H2,1H3. The zero-order valence-electron chi connectivity index (χ0n) is 8.64. The summed E-state index contributed by atoms with van der Waals surface area (Å²) >= 11 is 1.28. The quantitative estimate of drug-likeness (QED) is 0.809. The fraction of sp³-hybridized carbons (Fsp3) is 0.0909. The van der Waals surface area contributed by atoms with Crippen LogP contribution in [0.5, 0.6) is 0 Å². The zero-order valence-corrected chi connectivity index (χ0v) is 9.45. The summed E-state index contributed by atoms with van der Waals surface area (Å²) in [5.74, 6) is -0.400. The Morgan fingerprint density at radius 2 is 2.12 bits per heavy atom. The van der Waals surface area contributed by atoms with Crippen molar-refractivity contribution in [3.05, 3.63) is 34.8 Å². The maximum Gasteiger partial charge on any atom is 0.350 e. The average molecular weight is 234 g/mol. The molecule has 0 saturated carbocycles. The van der Waals surface area contributed by atoms with Crippen molar-refractivity contribution in [3.8, 4) is 11.1 Å². The third-order valence-corrected chi connectivity index (χ3v) is 3.17. The van der Waals surface area contributed by atoms with Crippen molar-refractivity contribution < 1.29 is 9.53 Å². The summed E-state index contributed by atoms with van der Waals surface area (Å²) in [5, 5.41) is 1.84. The summed E-state index contributed by atoms with van der Waals surface area (Å²) in [6.45, 7) is 0. The van der Waals surface area contributed by atoms with Crippen molar-refractivity contribution in [2.45, 2.75) is 0 Å². The summed E-state index contributed by atoms with van der Waals surface area (Å²) < 4.78 is 4.65. The number of esters is 1. The maximum absolute atomic E-state index is 11.4. The second-order valence-electron chi connectivity index (χ2n) is 3.12. The molecule has 0 radical (unpaired) electrons. The number of thiophene rings is 1. The fourth-order valence-corrected chi connectivity index (χ4v) is 2.29. The van der Waals surface area contributed by atoms with E-state index >= 15 is 0 Å². The predicted octanol–water partition coefficient (Wildman–Crippen LogP) is 2.18. The van der Waals surface area contributed by atoms with Gasteiger partial charge in [-0.2, -0.15) is 0 Å². The molecule has 2 N–H and O–H groups in total. The molecule has 0 aliphatic rings. The lowest BCUT2D eigenvalue weighted by molar-refractivity contribution is 0.0607. The Morgan fingerprint density at radius 3 is 2.75 bits per heavy atom. The van der Waals surface area contributed by atoms with Gasteiger partial charge in [0, 0.05) is 23.3 Å². The second-order valence-corrected chi connectivity index (χ2v) is 4.00. The van der Waals surface area contributed by atoms with Crippen molar-refractivity contribution >= 4 is 23.0 Å². The molecule has 0 aliphatic heterocycles. The SMILES string of the molecule is COC(=O)c1scc(-c2ccncc2)c1N. The lowest BCUT2D eigenvalue weighted by Crippen LogP contribution is -2.02. The number of anilines is 1. The van der Waals surface area contributed by atoms with Crippen LogP contribution in [0.25, 0.3) is 11.1 Å². The summed E-state index contributed by atoms with van der Waals surface area (Å²) in [4.78, 5) is 15.7. The number of hydrogen-bond donors (Lipinski definition) is 1. The van der Waals surface area contributed by atoms with Gasteiger partial charge in [0.2, 0.25) is 0 Å². The number of methoxy groups -OCH3 is 1. The van der Waals surface area contributed by atoms with Crippen molar-refractivity contribution in [2.24, 2.45) is 0 Å². The minimum Gasteiger partial charge on any atom is -0.465 e. The minimum atomic E-state index is -0.400. The molecular formula is C11H10N2O2S. The number of hydrogen-bond acceptors (Lipinski definition) is 5. The highest BCUT2D eigenvalue weighted by molar-refractivity contribution is 7.13. The molecular weight excluding hydrogens is 224 g/mol. The lowest BCUT2D eigenvalue weighted by Gasteiger charge is -2.00. The third-order valence-electron chi connectivity index (χ3n) is 2.19. The number of nitrogens with two attached hydrogens (primary N) is 1. The van der Waals surface area contributed by atoms with Gasteiger partial charge in [0.15, 0.2) is 0 Å². The Labute approximate surface area is 96.7 Å². The Morgan fingerprint density at radius 1 is 1.44 bits per heavy atom. The molecule has 82 valence electrons. The third kappa shape index (κ3) is 1.77. The number of rotatable bonds is 2. The highest BCUT2D eigenvalue weighted by atomic mass is 32.1. The molecule has 16 heavy (non-hydrogen) atoms. The predicted molar refractivity (Wildman–Crippen MR) is 63.3 cm³/mol. The van der Waals surface area contributed by atoms with Gasteiger partial charge >= 0.3 is 5.97 Å². The van der Waals surface area contributed by atoms with Gasteiger partial charge in [-0.15, -0.1) is 11.3 Å². The van der Waals surface area contributed by atoms with E-state index in [-0.39, 0.29) is 0 Å². The number of aromatic nitrogens is 1. The number of ether oxygens (including phenoxy) is 1. The first-order valence-electron chi connectivity index (χ1n) is 4.59. The van der Waals surface area contributed by atoms with E-state index in [9.17, 15) is 4.79 Å². The highest BCUT2D eigenvalue weighted by Crippen LogP contribution is 2.33. The fourth-order valence-electron chi connectivity index (χ4n) is 1.37. The topological polar surface area (TPSA) is 65.2 Å². The minimum absolute atomic E-state index is 0.400. The molecule has 0 fully saturated rings. The van der Waals surface area contributed by atoms with Gasteiger partial charge in [-0.25, -0.2) is 4.79 Å². The van der Waals surface area contributed by atoms with E-state index < -0.39 is 5.97 Å². The second kappa shape index (κ2) is 4.32. The van der Waals surface area contributed by atoms with Crippen LogP contribution in [0.3, 0.4) is 0 Å².